The molecule has 1 saturated heterocycles. The molecule has 0 aliphatic carbocycles. The summed E-state index contributed by atoms with van der Waals surface area (Å²) in [5.41, 5.74) is 4.13. The lowest BCUT2D eigenvalue weighted by Crippen LogP contribution is -2.49. The Kier molecular flexibility index (Phi) is 6.25. The lowest BCUT2D eigenvalue weighted by atomic mass is 10.1. The highest BCUT2D eigenvalue weighted by Gasteiger charge is 2.27. The van der Waals surface area contributed by atoms with Crippen LogP contribution in [0, 0.1) is 6.92 Å². The van der Waals surface area contributed by atoms with Gasteiger partial charge in [-0.25, -0.2) is 4.98 Å². The summed E-state index contributed by atoms with van der Waals surface area (Å²) in [4.78, 5) is 26.8. The quantitative estimate of drug-likeness (QED) is 0.412. The molecule has 0 radical (unpaired) electrons. The van der Waals surface area contributed by atoms with Gasteiger partial charge in [0.25, 0.3) is 11.6 Å². The van der Waals surface area contributed by atoms with Gasteiger partial charge in [0.1, 0.15) is 22.7 Å². The van der Waals surface area contributed by atoms with Crippen molar-refractivity contribution in [3.05, 3.63) is 71.5 Å². The van der Waals surface area contributed by atoms with Gasteiger partial charge in [0.2, 0.25) is 0 Å². The van der Waals surface area contributed by atoms with Crippen molar-refractivity contribution in [2.45, 2.75) is 33.1 Å². The summed E-state index contributed by atoms with van der Waals surface area (Å²) in [7, 11) is 0. The molecule has 2 aromatic heterocycles. The highest BCUT2D eigenvalue weighted by Crippen LogP contribution is 2.34. The molecule has 1 aliphatic heterocycles. The molecule has 4 aromatic rings. The van der Waals surface area contributed by atoms with Crippen LogP contribution >= 0.6 is 0 Å². The molecule has 0 spiro atoms. The van der Waals surface area contributed by atoms with E-state index in [1.54, 1.807) is 0 Å². The molecule has 174 valence electrons. The molecule has 34 heavy (non-hydrogen) atoms. The van der Waals surface area contributed by atoms with E-state index in [1.165, 1.54) is 0 Å². The fourth-order valence-electron chi connectivity index (χ4n) is 4.35. The molecule has 2 aromatic carbocycles. The summed E-state index contributed by atoms with van der Waals surface area (Å²) in [6.07, 6.45) is 2.89. The van der Waals surface area contributed by atoms with Crippen molar-refractivity contribution in [3.63, 3.8) is 0 Å². The van der Waals surface area contributed by atoms with Crippen LogP contribution in [0.3, 0.4) is 0 Å². The monoisotopic (exact) mass is 455 g/mol. The minimum Gasteiger partial charge on any atom is -0.352 e. The van der Waals surface area contributed by atoms with Gasteiger partial charge < -0.3 is 14.3 Å². The predicted molar refractivity (Wildman–Crippen MR) is 133 cm³/mol. The van der Waals surface area contributed by atoms with E-state index >= 15 is 0 Å². The average Bonchev–Trinajstić information content (AvgIpc) is 3.32. The minimum atomic E-state index is 0.0751. The first-order valence-corrected chi connectivity index (χ1v) is 12.0. The van der Waals surface area contributed by atoms with E-state index in [-0.39, 0.29) is 5.91 Å². The first kappa shape index (κ1) is 22.1. The fraction of sp³-hybridized carbons (Fsp3) is 0.333. The number of anilines is 1. The Morgan fingerprint density at radius 1 is 0.971 bits per heavy atom. The number of aryl methyl sites for hydroxylation is 2. The van der Waals surface area contributed by atoms with E-state index in [1.807, 2.05) is 66.4 Å². The van der Waals surface area contributed by atoms with E-state index in [9.17, 15) is 4.79 Å². The molecular weight excluding hydrogens is 426 g/mol. The minimum absolute atomic E-state index is 0.0751. The van der Waals surface area contributed by atoms with Crippen molar-refractivity contribution in [2.75, 3.05) is 31.1 Å². The summed E-state index contributed by atoms with van der Waals surface area (Å²) < 4.78 is 5.69. The average molecular weight is 456 g/mol. The summed E-state index contributed by atoms with van der Waals surface area (Å²) in [5.74, 6) is 1.70. The maximum absolute atomic E-state index is 13.0. The number of fused-ring (bicyclic) bond motifs is 1. The van der Waals surface area contributed by atoms with Crippen molar-refractivity contribution < 1.29 is 9.32 Å². The summed E-state index contributed by atoms with van der Waals surface area (Å²) >= 11 is 0. The Balaban J connectivity index is 1.44. The Bertz CT molecular complexity index is 1280. The predicted octanol–water partition coefficient (Wildman–Crippen LogP) is 4.90. The van der Waals surface area contributed by atoms with Gasteiger partial charge in [0.05, 0.1) is 0 Å². The van der Waals surface area contributed by atoms with Crippen LogP contribution in [0.1, 0.15) is 41.5 Å². The van der Waals surface area contributed by atoms with Gasteiger partial charge in [0.15, 0.2) is 0 Å². The second kappa shape index (κ2) is 9.63. The zero-order valence-corrected chi connectivity index (χ0v) is 19.7. The number of benzene rings is 2. The van der Waals surface area contributed by atoms with Crippen molar-refractivity contribution in [3.8, 4) is 11.3 Å². The molecule has 0 bridgehead atoms. The lowest BCUT2D eigenvalue weighted by molar-refractivity contribution is 0.0746. The van der Waals surface area contributed by atoms with Crippen molar-refractivity contribution in [2.24, 2.45) is 0 Å². The van der Waals surface area contributed by atoms with Crippen LogP contribution in [0.2, 0.25) is 0 Å². The number of amides is 1. The maximum atomic E-state index is 13.0. The molecule has 0 atom stereocenters. The van der Waals surface area contributed by atoms with Gasteiger partial charge in [-0.05, 0) is 25.5 Å². The highest BCUT2D eigenvalue weighted by atomic mass is 16.5. The van der Waals surface area contributed by atoms with Crippen LogP contribution in [0.4, 0.5) is 5.82 Å². The third kappa shape index (κ3) is 4.38. The van der Waals surface area contributed by atoms with Gasteiger partial charge in [0, 0.05) is 43.7 Å². The smallest absolute Gasteiger partial charge is 0.263 e. The van der Waals surface area contributed by atoms with Gasteiger partial charge in [-0.1, -0.05) is 66.5 Å². The fourth-order valence-corrected chi connectivity index (χ4v) is 4.35. The Hall–Kier alpha value is -3.74. The summed E-state index contributed by atoms with van der Waals surface area (Å²) in [6, 6.07) is 17.8. The number of piperazine rings is 1. The van der Waals surface area contributed by atoms with Gasteiger partial charge in [-0.3, -0.25) is 4.79 Å². The normalized spacial score (nSPS) is 14.1. The Morgan fingerprint density at radius 3 is 2.41 bits per heavy atom. The third-order valence-corrected chi connectivity index (χ3v) is 6.33. The molecule has 7 heteroatoms. The highest BCUT2D eigenvalue weighted by molar-refractivity contribution is 5.98. The second-order valence-electron chi connectivity index (χ2n) is 8.79. The SMILES string of the molecule is CCCCc1nc(N2CCN(C(=O)c3ccc(C)cc3)CC2)c2c(-c3ccccc3)noc2n1. The zero-order valence-electron chi connectivity index (χ0n) is 19.7. The standard InChI is InChI=1S/C27H29N5O2/c1-3-4-10-22-28-25(23-24(30-34-26(23)29-22)20-8-6-5-7-9-20)31-15-17-32(18-16-31)27(33)21-13-11-19(2)12-14-21/h5-9,11-14H,3-4,10,15-18H2,1-2H3. The molecule has 1 fully saturated rings. The van der Waals surface area contributed by atoms with Crippen LogP contribution in [-0.4, -0.2) is 52.1 Å². The number of hydrogen-bond acceptors (Lipinski definition) is 6. The lowest BCUT2D eigenvalue weighted by Gasteiger charge is -2.35. The number of rotatable bonds is 6. The van der Waals surface area contributed by atoms with Gasteiger partial charge >= 0.3 is 0 Å². The van der Waals surface area contributed by atoms with E-state index in [4.69, 9.17) is 9.51 Å². The molecule has 0 N–H and O–H groups in total. The van der Waals surface area contributed by atoms with E-state index in [0.717, 1.165) is 58.7 Å². The van der Waals surface area contributed by atoms with E-state index < -0.39 is 0 Å². The molecule has 5 rings (SSSR count). The first-order valence-electron chi connectivity index (χ1n) is 12.0. The van der Waals surface area contributed by atoms with Gasteiger partial charge in [-0.2, -0.15) is 4.98 Å². The van der Waals surface area contributed by atoms with Crippen LogP contribution in [-0.2, 0) is 6.42 Å². The molecule has 7 nitrogen and oxygen atoms in total. The Labute approximate surface area is 199 Å². The second-order valence-corrected chi connectivity index (χ2v) is 8.79. The van der Waals surface area contributed by atoms with Crippen molar-refractivity contribution >= 4 is 22.8 Å². The van der Waals surface area contributed by atoms with Gasteiger partial charge in [-0.15, -0.1) is 0 Å². The van der Waals surface area contributed by atoms with Crippen LogP contribution < -0.4 is 4.90 Å². The topological polar surface area (TPSA) is 75.4 Å². The van der Waals surface area contributed by atoms with E-state index in [0.29, 0.717) is 31.9 Å². The number of carbonyl (C=O) groups is 1. The molecule has 1 aliphatic rings. The third-order valence-electron chi connectivity index (χ3n) is 6.33. The number of aromatic nitrogens is 3. The summed E-state index contributed by atoms with van der Waals surface area (Å²) in [5, 5.41) is 5.20. The number of nitrogens with zero attached hydrogens (tertiary/aromatic N) is 5. The molecule has 3 heterocycles. The number of carbonyl (C=O) groups excluding carboxylic acids is 1. The molecule has 1 amide bonds. The first-order chi connectivity index (χ1) is 16.6. The van der Waals surface area contributed by atoms with Crippen LogP contribution in [0.25, 0.3) is 22.4 Å². The van der Waals surface area contributed by atoms with Crippen LogP contribution in [0.15, 0.2) is 59.1 Å². The molecular formula is C27H29N5O2. The molecule has 0 saturated carbocycles. The number of unbranched alkanes of at least 4 members (excludes halogenated alkanes) is 1. The van der Waals surface area contributed by atoms with Crippen molar-refractivity contribution in [1.29, 1.82) is 0 Å². The number of hydrogen-bond donors (Lipinski definition) is 0. The largest absolute Gasteiger partial charge is 0.352 e. The Morgan fingerprint density at radius 2 is 1.71 bits per heavy atom. The summed E-state index contributed by atoms with van der Waals surface area (Å²) in [6.45, 7) is 6.83. The molecule has 0 unspecified atom stereocenters. The van der Waals surface area contributed by atoms with Crippen molar-refractivity contribution in [1.82, 2.24) is 20.0 Å². The maximum Gasteiger partial charge on any atom is 0.263 e. The zero-order chi connectivity index (χ0) is 23.5. The van der Waals surface area contributed by atoms with Crippen LogP contribution in [0.5, 0.6) is 0 Å². The van der Waals surface area contributed by atoms with E-state index in [2.05, 4.69) is 22.0 Å².